The maximum Gasteiger partial charge on any atom is 0.336 e. The molecule has 26 heavy (non-hydrogen) atoms. The molecule has 124 valence electrons. The van der Waals surface area contributed by atoms with Crippen LogP contribution in [0.25, 0.3) is 32.5 Å². The summed E-state index contributed by atoms with van der Waals surface area (Å²) in [4.78, 5) is 12.1. The van der Waals surface area contributed by atoms with E-state index in [1.54, 1.807) is 6.07 Å². The van der Waals surface area contributed by atoms with E-state index in [9.17, 15) is 4.79 Å². The molecule has 0 fully saturated rings. The molecule has 5 aromatic rings. The van der Waals surface area contributed by atoms with Gasteiger partial charge in [-0.2, -0.15) is 0 Å². The first kappa shape index (κ1) is 14.8. The van der Waals surface area contributed by atoms with Crippen LogP contribution in [-0.4, -0.2) is 0 Å². The van der Waals surface area contributed by atoms with Crippen molar-refractivity contribution in [2.75, 3.05) is 0 Å². The average molecular weight is 338 g/mol. The number of benzene rings is 3. The van der Waals surface area contributed by atoms with E-state index >= 15 is 0 Å². The van der Waals surface area contributed by atoms with Gasteiger partial charge in [0.1, 0.15) is 5.58 Å². The molecule has 0 aliphatic carbocycles. The van der Waals surface area contributed by atoms with Crippen molar-refractivity contribution < 1.29 is 8.98 Å². The third-order valence-electron chi connectivity index (χ3n) is 4.81. The minimum Gasteiger partial charge on any atom is -0.423 e. The van der Waals surface area contributed by atoms with Crippen LogP contribution in [0.4, 0.5) is 0 Å². The molecule has 3 aromatic carbocycles. The summed E-state index contributed by atoms with van der Waals surface area (Å²) in [5, 5.41) is 5.62. The van der Waals surface area contributed by atoms with E-state index in [2.05, 4.69) is 41.1 Å². The van der Waals surface area contributed by atoms with Gasteiger partial charge in [0.2, 0.25) is 0 Å². The maximum atomic E-state index is 12.1. The van der Waals surface area contributed by atoms with Crippen molar-refractivity contribution in [3.05, 3.63) is 101 Å². The zero-order valence-electron chi connectivity index (χ0n) is 14.1. The molecular formula is C23H16NO2+. The van der Waals surface area contributed by atoms with E-state index in [0.29, 0.717) is 12.1 Å². The van der Waals surface area contributed by atoms with Gasteiger partial charge in [-0.05, 0) is 28.3 Å². The molecule has 5 rings (SSSR count). The minimum atomic E-state index is -0.316. The van der Waals surface area contributed by atoms with Crippen LogP contribution in [0.5, 0.6) is 0 Å². The molecule has 0 aliphatic rings. The molecule has 0 radical (unpaired) electrons. The number of pyridine rings is 1. The minimum absolute atomic E-state index is 0.316. The molecule has 0 saturated heterocycles. The second kappa shape index (κ2) is 5.81. The van der Waals surface area contributed by atoms with Gasteiger partial charge in [-0.25, -0.2) is 9.36 Å². The predicted molar refractivity (Wildman–Crippen MR) is 103 cm³/mol. The largest absolute Gasteiger partial charge is 0.423 e. The van der Waals surface area contributed by atoms with Crippen LogP contribution in [-0.2, 0) is 6.54 Å². The Bertz CT molecular complexity index is 1330. The molecule has 3 nitrogen and oxygen atoms in total. The molecule has 2 heterocycles. The highest BCUT2D eigenvalue weighted by Crippen LogP contribution is 2.27. The van der Waals surface area contributed by atoms with E-state index in [0.717, 1.165) is 21.7 Å². The highest BCUT2D eigenvalue weighted by molar-refractivity contribution is 6.06. The van der Waals surface area contributed by atoms with Crippen LogP contribution >= 0.6 is 0 Å². The Morgan fingerprint density at radius 1 is 0.808 bits per heavy atom. The number of aromatic nitrogens is 1. The Balaban J connectivity index is 1.74. The SMILES string of the molecule is O=c1cc(C[n+]2ccc3ccccc3c2)c2c(ccc3ccccc32)o1. The molecular weight excluding hydrogens is 322 g/mol. The van der Waals surface area contributed by atoms with Crippen molar-refractivity contribution in [1.29, 1.82) is 0 Å². The maximum absolute atomic E-state index is 12.1. The second-order valence-electron chi connectivity index (χ2n) is 6.50. The third kappa shape index (κ3) is 2.45. The molecule has 0 unspecified atom stereocenters. The summed E-state index contributed by atoms with van der Waals surface area (Å²) in [7, 11) is 0. The van der Waals surface area contributed by atoms with E-state index in [4.69, 9.17) is 4.42 Å². The third-order valence-corrected chi connectivity index (χ3v) is 4.81. The van der Waals surface area contributed by atoms with Gasteiger partial charge in [0.05, 0.1) is 0 Å². The zero-order chi connectivity index (χ0) is 17.5. The van der Waals surface area contributed by atoms with Crippen molar-refractivity contribution in [3.8, 4) is 0 Å². The lowest BCUT2D eigenvalue weighted by Gasteiger charge is -2.07. The van der Waals surface area contributed by atoms with Crippen LogP contribution in [0.2, 0.25) is 0 Å². The lowest BCUT2D eigenvalue weighted by atomic mass is 10.0. The van der Waals surface area contributed by atoms with Gasteiger partial charge in [-0.3, -0.25) is 0 Å². The Hall–Kier alpha value is -3.46. The van der Waals surface area contributed by atoms with Gasteiger partial charge in [0.25, 0.3) is 0 Å². The van der Waals surface area contributed by atoms with Crippen LogP contribution in [0, 0.1) is 0 Å². The van der Waals surface area contributed by atoms with Gasteiger partial charge in [-0.15, -0.1) is 0 Å². The molecule has 0 aliphatic heterocycles. The normalized spacial score (nSPS) is 11.4. The van der Waals surface area contributed by atoms with E-state index < -0.39 is 0 Å². The van der Waals surface area contributed by atoms with Crippen LogP contribution in [0.15, 0.2) is 94.4 Å². The van der Waals surface area contributed by atoms with Crippen molar-refractivity contribution in [1.82, 2.24) is 0 Å². The number of rotatable bonds is 2. The molecule has 0 N–H and O–H groups in total. The molecule has 0 bridgehead atoms. The Labute approximate surface area is 149 Å². The monoisotopic (exact) mass is 338 g/mol. The van der Waals surface area contributed by atoms with Crippen LogP contribution < -0.4 is 10.2 Å². The molecule has 0 saturated carbocycles. The Morgan fingerprint density at radius 2 is 1.58 bits per heavy atom. The van der Waals surface area contributed by atoms with Gasteiger partial charge in [0.15, 0.2) is 18.9 Å². The summed E-state index contributed by atoms with van der Waals surface area (Å²) in [6, 6.07) is 24.0. The smallest absolute Gasteiger partial charge is 0.336 e. The highest BCUT2D eigenvalue weighted by atomic mass is 16.4. The van der Waals surface area contributed by atoms with Crippen molar-refractivity contribution in [2.45, 2.75) is 6.54 Å². The fourth-order valence-electron chi connectivity index (χ4n) is 3.62. The highest BCUT2D eigenvalue weighted by Gasteiger charge is 2.13. The van der Waals surface area contributed by atoms with Gasteiger partial charge < -0.3 is 4.42 Å². The van der Waals surface area contributed by atoms with Gasteiger partial charge >= 0.3 is 5.63 Å². The van der Waals surface area contributed by atoms with Crippen LogP contribution in [0.3, 0.4) is 0 Å². The Kier molecular flexibility index (Phi) is 3.32. The fourth-order valence-corrected chi connectivity index (χ4v) is 3.62. The topological polar surface area (TPSA) is 34.1 Å². The first-order valence-electron chi connectivity index (χ1n) is 8.60. The zero-order valence-corrected chi connectivity index (χ0v) is 14.1. The number of nitrogens with zero attached hydrogens (tertiary/aromatic N) is 1. The number of hydrogen-bond acceptors (Lipinski definition) is 2. The van der Waals surface area contributed by atoms with Crippen LogP contribution in [0.1, 0.15) is 5.56 Å². The summed E-state index contributed by atoms with van der Waals surface area (Å²) in [5.74, 6) is 0. The fraction of sp³-hybridized carbons (Fsp3) is 0.0435. The van der Waals surface area contributed by atoms with Crippen molar-refractivity contribution >= 4 is 32.5 Å². The van der Waals surface area contributed by atoms with E-state index in [-0.39, 0.29) is 5.63 Å². The van der Waals surface area contributed by atoms with Gasteiger partial charge in [-0.1, -0.05) is 48.5 Å². The molecule has 2 aromatic heterocycles. The summed E-state index contributed by atoms with van der Waals surface area (Å²) in [6.45, 7) is 0.612. The molecule has 3 heteroatoms. The first-order valence-corrected chi connectivity index (χ1v) is 8.60. The Morgan fingerprint density at radius 3 is 2.46 bits per heavy atom. The number of fused-ring (bicyclic) bond motifs is 4. The standard InChI is InChI=1S/C23H16NO2/c25-22-13-19(15-24-12-11-16-5-1-2-7-18(16)14-24)23-20-8-4-3-6-17(20)9-10-21(23)26-22/h1-14H,15H2/q+1. The van der Waals surface area contributed by atoms with Gasteiger partial charge in [0, 0.05) is 28.5 Å². The number of hydrogen-bond donors (Lipinski definition) is 0. The lowest BCUT2D eigenvalue weighted by Crippen LogP contribution is -2.33. The lowest BCUT2D eigenvalue weighted by molar-refractivity contribution is -0.686. The molecule has 0 amide bonds. The quantitative estimate of drug-likeness (QED) is 0.271. The summed E-state index contributed by atoms with van der Waals surface area (Å²) < 4.78 is 7.56. The molecule has 0 spiro atoms. The summed E-state index contributed by atoms with van der Waals surface area (Å²) in [5.41, 5.74) is 1.28. The van der Waals surface area contributed by atoms with E-state index in [1.807, 2.05) is 42.6 Å². The summed E-state index contributed by atoms with van der Waals surface area (Å²) >= 11 is 0. The van der Waals surface area contributed by atoms with E-state index in [1.165, 1.54) is 10.8 Å². The predicted octanol–water partition coefficient (Wildman–Crippen LogP) is 4.44. The summed E-state index contributed by atoms with van der Waals surface area (Å²) in [6.07, 6.45) is 4.16. The first-order chi connectivity index (χ1) is 12.8. The van der Waals surface area contributed by atoms with Crippen molar-refractivity contribution in [3.63, 3.8) is 0 Å². The molecule has 0 atom stereocenters. The average Bonchev–Trinajstić information content (AvgIpc) is 2.67. The second-order valence-corrected chi connectivity index (χ2v) is 6.50. The van der Waals surface area contributed by atoms with Crippen molar-refractivity contribution in [2.24, 2.45) is 0 Å².